The topological polar surface area (TPSA) is 72.2 Å². The number of carboxylic acid groups (broad SMARTS) is 1. The van der Waals surface area contributed by atoms with Crippen LogP contribution in [-0.4, -0.2) is 20.6 Å². The predicted octanol–water partition coefficient (Wildman–Crippen LogP) is 4.97. The average Bonchev–Trinajstić information content (AvgIpc) is 3.15. The summed E-state index contributed by atoms with van der Waals surface area (Å²) in [5.74, 6) is -0.250. The molecule has 2 heterocycles. The Morgan fingerprint density at radius 3 is 2.38 bits per heavy atom. The molecular formula is C23H20N2O3S. The first-order chi connectivity index (χ1) is 14.0. The number of aryl methyl sites for hydroxylation is 1. The van der Waals surface area contributed by atoms with Crippen LogP contribution in [0.25, 0.3) is 32.5 Å². The van der Waals surface area contributed by atoms with E-state index in [-0.39, 0.29) is 12.0 Å². The summed E-state index contributed by atoms with van der Waals surface area (Å²) in [6.45, 7) is 2.14. The van der Waals surface area contributed by atoms with Crippen LogP contribution in [0.15, 0.2) is 64.8 Å². The van der Waals surface area contributed by atoms with Gasteiger partial charge >= 0.3 is 5.97 Å². The second-order valence-electron chi connectivity index (χ2n) is 6.89. The van der Waals surface area contributed by atoms with Gasteiger partial charge in [0.15, 0.2) is 0 Å². The number of aliphatic carboxylic acids is 1. The third-order valence-corrected chi connectivity index (χ3v) is 5.83. The summed E-state index contributed by atoms with van der Waals surface area (Å²) in [7, 11) is 0. The van der Waals surface area contributed by atoms with Crippen molar-refractivity contribution in [1.29, 1.82) is 0 Å². The molecule has 0 amide bonds. The smallest absolute Gasteiger partial charge is 0.303 e. The van der Waals surface area contributed by atoms with Gasteiger partial charge in [0.2, 0.25) is 0 Å². The number of carboxylic acids is 1. The molecule has 1 N–H and O–H groups in total. The Morgan fingerprint density at radius 2 is 1.69 bits per heavy atom. The number of rotatable bonds is 6. The van der Waals surface area contributed by atoms with E-state index in [2.05, 4.69) is 29.2 Å². The van der Waals surface area contributed by atoms with Crippen LogP contribution in [0.3, 0.4) is 0 Å². The van der Waals surface area contributed by atoms with Crippen molar-refractivity contribution in [3.8, 4) is 22.3 Å². The number of hydrogen-bond donors (Lipinski definition) is 1. The van der Waals surface area contributed by atoms with Gasteiger partial charge in [-0.3, -0.25) is 14.2 Å². The van der Waals surface area contributed by atoms with E-state index >= 15 is 0 Å². The van der Waals surface area contributed by atoms with Crippen LogP contribution in [0.2, 0.25) is 0 Å². The third-order valence-electron chi connectivity index (χ3n) is 4.96. The van der Waals surface area contributed by atoms with Crippen molar-refractivity contribution in [2.24, 2.45) is 0 Å². The molecule has 0 bridgehead atoms. The van der Waals surface area contributed by atoms with E-state index in [0.29, 0.717) is 29.0 Å². The second kappa shape index (κ2) is 8.01. The maximum atomic E-state index is 13.2. The molecule has 0 aliphatic heterocycles. The summed E-state index contributed by atoms with van der Waals surface area (Å²) < 4.78 is 1.58. The normalized spacial score (nSPS) is 11.1. The number of fused-ring (bicyclic) bond motifs is 1. The lowest BCUT2D eigenvalue weighted by Gasteiger charge is -2.09. The van der Waals surface area contributed by atoms with E-state index in [1.807, 2.05) is 35.7 Å². The van der Waals surface area contributed by atoms with Crippen molar-refractivity contribution in [2.45, 2.75) is 26.3 Å². The molecule has 146 valence electrons. The highest BCUT2D eigenvalue weighted by atomic mass is 32.1. The first-order valence-corrected chi connectivity index (χ1v) is 10.3. The van der Waals surface area contributed by atoms with Gasteiger partial charge in [0.05, 0.1) is 5.39 Å². The van der Waals surface area contributed by atoms with E-state index in [1.54, 1.807) is 11.5 Å². The quantitative estimate of drug-likeness (QED) is 0.493. The molecule has 0 unspecified atom stereocenters. The lowest BCUT2D eigenvalue weighted by Crippen LogP contribution is -2.24. The van der Waals surface area contributed by atoms with Crippen LogP contribution in [0.4, 0.5) is 0 Å². The van der Waals surface area contributed by atoms with Gasteiger partial charge in [-0.1, -0.05) is 54.6 Å². The van der Waals surface area contributed by atoms with Gasteiger partial charge in [-0.15, -0.1) is 11.3 Å². The van der Waals surface area contributed by atoms with Gasteiger partial charge in [-0.2, -0.15) is 0 Å². The highest BCUT2D eigenvalue weighted by Crippen LogP contribution is 2.32. The molecule has 4 aromatic rings. The van der Waals surface area contributed by atoms with Crippen molar-refractivity contribution in [3.05, 3.63) is 76.2 Å². The molecule has 0 fully saturated rings. The van der Waals surface area contributed by atoms with E-state index in [0.717, 1.165) is 22.3 Å². The molecule has 0 saturated carbocycles. The Bertz CT molecular complexity index is 1220. The molecular weight excluding hydrogens is 384 g/mol. The molecule has 29 heavy (non-hydrogen) atoms. The SMILES string of the molecule is Cc1nc2scc(-c3ccc(-c4ccccc4)cc3)c2c(=O)n1CCCC(=O)O. The van der Waals surface area contributed by atoms with Crippen molar-refractivity contribution in [2.75, 3.05) is 0 Å². The fourth-order valence-corrected chi connectivity index (χ4v) is 4.45. The van der Waals surface area contributed by atoms with Crippen LogP contribution in [-0.2, 0) is 11.3 Å². The molecule has 0 aliphatic carbocycles. The fourth-order valence-electron chi connectivity index (χ4n) is 3.46. The summed E-state index contributed by atoms with van der Waals surface area (Å²) >= 11 is 1.46. The summed E-state index contributed by atoms with van der Waals surface area (Å²) in [4.78, 5) is 29.2. The van der Waals surface area contributed by atoms with Gasteiger partial charge in [0.1, 0.15) is 10.7 Å². The number of aromatic nitrogens is 2. The van der Waals surface area contributed by atoms with Crippen molar-refractivity contribution < 1.29 is 9.90 Å². The minimum Gasteiger partial charge on any atom is -0.481 e. The highest BCUT2D eigenvalue weighted by molar-refractivity contribution is 7.17. The molecule has 2 aromatic carbocycles. The summed E-state index contributed by atoms with van der Waals surface area (Å²) in [5.41, 5.74) is 3.99. The van der Waals surface area contributed by atoms with Crippen molar-refractivity contribution >= 4 is 27.5 Å². The van der Waals surface area contributed by atoms with E-state index in [1.165, 1.54) is 11.3 Å². The van der Waals surface area contributed by atoms with E-state index in [9.17, 15) is 9.59 Å². The van der Waals surface area contributed by atoms with Gasteiger partial charge < -0.3 is 5.11 Å². The van der Waals surface area contributed by atoms with Crippen LogP contribution in [0.5, 0.6) is 0 Å². The monoisotopic (exact) mass is 404 g/mol. The average molecular weight is 404 g/mol. The van der Waals surface area contributed by atoms with Crippen molar-refractivity contribution in [1.82, 2.24) is 9.55 Å². The zero-order chi connectivity index (χ0) is 20.4. The third kappa shape index (κ3) is 3.84. The number of carbonyl (C=O) groups is 1. The molecule has 0 atom stereocenters. The van der Waals surface area contributed by atoms with Gasteiger partial charge in [-0.25, -0.2) is 4.98 Å². The zero-order valence-electron chi connectivity index (χ0n) is 16.0. The fraction of sp³-hybridized carbons (Fsp3) is 0.174. The Hall–Kier alpha value is -3.25. The van der Waals surface area contributed by atoms with Crippen LogP contribution in [0.1, 0.15) is 18.7 Å². The van der Waals surface area contributed by atoms with Crippen LogP contribution >= 0.6 is 11.3 Å². The zero-order valence-corrected chi connectivity index (χ0v) is 16.8. The van der Waals surface area contributed by atoms with Crippen LogP contribution < -0.4 is 5.56 Å². The summed E-state index contributed by atoms with van der Waals surface area (Å²) in [6, 6.07) is 18.3. The second-order valence-corrected chi connectivity index (χ2v) is 7.74. The lowest BCUT2D eigenvalue weighted by molar-refractivity contribution is -0.137. The summed E-state index contributed by atoms with van der Waals surface area (Å²) in [5, 5.41) is 11.4. The molecule has 2 aromatic heterocycles. The first-order valence-electron chi connectivity index (χ1n) is 9.41. The molecule has 6 heteroatoms. The molecule has 0 spiro atoms. The lowest BCUT2D eigenvalue weighted by atomic mass is 10.0. The highest BCUT2D eigenvalue weighted by Gasteiger charge is 2.15. The molecule has 0 saturated heterocycles. The van der Waals surface area contributed by atoms with Crippen LogP contribution in [0, 0.1) is 6.92 Å². The number of benzene rings is 2. The van der Waals surface area contributed by atoms with E-state index < -0.39 is 5.97 Å². The molecule has 5 nitrogen and oxygen atoms in total. The maximum Gasteiger partial charge on any atom is 0.303 e. The minimum absolute atomic E-state index is 0.0291. The Kier molecular flexibility index (Phi) is 5.27. The molecule has 0 aliphatic rings. The van der Waals surface area contributed by atoms with E-state index in [4.69, 9.17) is 5.11 Å². The number of hydrogen-bond acceptors (Lipinski definition) is 4. The van der Waals surface area contributed by atoms with Gasteiger partial charge in [-0.05, 0) is 30.0 Å². The maximum absolute atomic E-state index is 13.2. The standard InChI is InChI=1S/C23H20N2O3S/c1-15-24-22-21(23(28)25(15)13-5-8-20(26)27)19(14-29-22)18-11-9-17(10-12-18)16-6-3-2-4-7-16/h2-4,6-7,9-12,14H,5,8,13H2,1H3,(H,26,27). The largest absolute Gasteiger partial charge is 0.481 e. The van der Waals surface area contributed by atoms with Gasteiger partial charge in [0, 0.05) is 23.9 Å². The number of thiophene rings is 1. The number of nitrogens with zero attached hydrogens (tertiary/aromatic N) is 2. The van der Waals surface area contributed by atoms with Crippen molar-refractivity contribution in [3.63, 3.8) is 0 Å². The Labute approximate surface area is 171 Å². The first kappa shape index (κ1) is 19.1. The van der Waals surface area contributed by atoms with Gasteiger partial charge in [0.25, 0.3) is 5.56 Å². The molecule has 0 radical (unpaired) electrons. The Morgan fingerprint density at radius 1 is 1.03 bits per heavy atom. The minimum atomic E-state index is -0.862. The molecule has 4 rings (SSSR count). The predicted molar refractivity (Wildman–Crippen MR) is 116 cm³/mol. The summed E-state index contributed by atoms with van der Waals surface area (Å²) in [6.07, 6.45) is 0.426. The Balaban J connectivity index is 1.73.